The summed E-state index contributed by atoms with van der Waals surface area (Å²) in [6, 6.07) is 35.4. The molecule has 0 aliphatic heterocycles. The third-order valence-corrected chi connectivity index (χ3v) is 10.8. The molecule has 0 fully saturated rings. The van der Waals surface area contributed by atoms with Crippen LogP contribution in [0.4, 0.5) is 0 Å². The molecule has 0 aliphatic carbocycles. The Bertz CT molecular complexity index is 1400. The molecular formula is C30H29CuN7PS2+. The third-order valence-electron chi connectivity index (χ3n) is 6.10. The van der Waals surface area contributed by atoms with Crippen LogP contribution in [0, 0.1) is 0 Å². The van der Waals surface area contributed by atoms with Crippen LogP contribution in [-0.2, 0) is 42.3 Å². The number of aromatic nitrogens is 1. The molecule has 0 amide bonds. The van der Waals surface area contributed by atoms with Crippen LogP contribution >= 0.6 is 7.26 Å². The van der Waals surface area contributed by atoms with Gasteiger partial charge in [0.1, 0.15) is 35.2 Å². The average Bonchev–Trinajstić information content (AvgIpc) is 3.02. The van der Waals surface area contributed by atoms with Crippen LogP contribution in [0.25, 0.3) is 0 Å². The molecule has 0 aliphatic rings. The zero-order valence-corrected chi connectivity index (χ0v) is 25.9. The average molecular weight is 646 g/mol. The van der Waals surface area contributed by atoms with Crippen molar-refractivity contribution in [1.82, 2.24) is 15.6 Å². The van der Waals surface area contributed by atoms with Gasteiger partial charge in [0, 0.05) is 30.2 Å². The van der Waals surface area contributed by atoms with Crippen molar-refractivity contribution < 1.29 is 17.1 Å². The Labute approximate surface area is 263 Å². The molecule has 41 heavy (non-hydrogen) atoms. The van der Waals surface area contributed by atoms with Crippen molar-refractivity contribution in [2.45, 2.75) is 6.92 Å². The van der Waals surface area contributed by atoms with Crippen molar-refractivity contribution >= 4 is 70.2 Å². The monoisotopic (exact) mass is 645 g/mol. The summed E-state index contributed by atoms with van der Waals surface area (Å²) < 4.78 is 0. The summed E-state index contributed by atoms with van der Waals surface area (Å²) in [5.74, 6) is 0. The van der Waals surface area contributed by atoms with Gasteiger partial charge in [0.25, 0.3) is 0 Å². The van der Waals surface area contributed by atoms with Crippen molar-refractivity contribution in [3.05, 3.63) is 121 Å². The number of hydrogen-bond acceptors (Lipinski definition) is 7. The summed E-state index contributed by atoms with van der Waals surface area (Å²) >= 11 is 10.8. The van der Waals surface area contributed by atoms with Crippen molar-refractivity contribution in [2.24, 2.45) is 20.4 Å². The van der Waals surface area contributed by atoms with Gasteiger partial charge in [-0.05, 0) is 60.6 Å². The fourth-order valence-electron chi connectivity index (χ4n) is 4.15. The van der Waals surface area contributed by atoms with Gasteiger partial charge >= 0.3 is 17.1 Å². The molecule has 211 valence electrons. The molecule has 1 heterocycles. The Morgan fingerprint density at radius 3 is 1.61 bits per heavy atom. The van der Waals surface area contributed by atoms with Crippen LogP contribution in [0.2, 0.25) is 0 Å². The number of amidine groups is 2. The number of nitrogens with zero attached hydrogens (tertiary/aromatic N) is 5. The third kappa shape index (κ3) is 8.26. The molecule has 11 heteroatoms. The molecule has 0 bridgehead atoms. The Balaban J connectivity index is 0.00000462. The number of rotatable bonds is 9. The minimum Gasteiger partial charge on any atom is -0.741 e. The normalized spacial score (nSPS) is 12.8. The van der Waals surface area contributed by atoms with Gasteiger partial charge in [-0.15, -0.1) is 5.10 Å². The second kappa shape index (κ2) is 16.1. The van der Waals surface area contributed by atoms with Crippen LogP contribution in [0.15, 0.2) is 136 Å². The second-order valence-electron chi connectivity index (χ2n) is 8.58. The topological polar surface area (TPSA) is 86.4 Å². The largest absolute Gasteiger partial charge is 2.00 e. The van der Waals surface area contributed by atoms with Crippen molar-refractivity contribution in [1.29, 1.82) is 0 Å². The zero-order valence-electron chi connectivity index (χ0n) is 22.5. The molecule has 0 atom stereocenters. The van der Waals surface area contributed by atoms with E-state index in [1.54, 1.807) is 26.4 Å². The van der Waals surface area contributed by atoms with Crippen molar-refractivity contribution in [3.63, 3.8) is 0 Å². The summed E-state index contributed by atoms with van der Waals surface area (Å²) in [5.41, 5.74) is 1.84. The van der Waals surface area contributed by atoms with E-state index in [4.69, 9.17) is 25.3 Å². The molecule has 4 aromatic rings. The zero-order chi connectivity index (χ0) is 28.2. The summed E-state index contributed by atoms with van der Waals surface area (Å²) in [4.78, 5) is 4.08. The summed E-state index contributed by atoms with van der Waals surface area (Å²) in [6.45, 7) is 1.80. The number of hydrogen-bond donors (Lipinski definition) is 2. The molecule has 3 aromatic carbocycles. The van der Waals surface area contributed by atoms with Crippen LogP contribution in [-0.4, -0.2) is 40.1 Å². The standard InChI is InChI=1S/C30H30N7PS2.Cu/c1-23(28(35-36-29(39)31-2)24-18-20-32-21-19-24)34-37-30(40)33-22-38(25-12-6-3-7-13-25,26-14-8-4-9-15-26)27-16-10-5-11-17-27;/h3-21H,22H2,1-2H3,(H3-,31,32,33,34,35,36,37,39,40);/q;+2/p-1. The van der Waals surface area contributed by atoms with Crippen LogP contribution in [0.1, 0.15) is 12.5 Å². The van der Waals surface area contributed by atoms with E-state index in [2.05, 4.69) is 109 Å². The Morgan fingerprint density at radius 2 is 1.15 bits per heavy atom. The maximum Gasteiger partial charge on any atom is 2.00 e. The first-order chi connectivity index (χ1) is 19.5. The first kappa shape index (κ1) is 32.0. The molecule has 0 unspecified atom stereocenters. The van der Waals surface area contributed by atoms with Gasteiger partial charge in [-0.3, -0.25) is 4.98 Å². The summed E-state index contributed by atoms with van der Waals surface area (Å²) in [5, 5.41) is 27.6. The van der Waals surface area contributed by atoms with E-state index in [1.165, 1.54) is 15.9 Å². The van der Waals surface area contributed by atoms with Crippen molar-refractivity contribution in [3.8, 4) is 0 Å². The van der Waals surface area contributed by atoms with Crippen molar-refractivity contribution in [2.75, 3.05) is 13.3 Å². The van der Waals surface area contributed by atoms with Gasteiger partial charge in [0.15, 0.2) is 0 Å². The molecule has 7 nitrogen and oxygen atoms in total. The Morgan fingerprint density at radius 1 is 0.683 bits per heavy atom. The second-order valence-corrected chi connectivity index (χ2v) is 12.8. The van der Waals surface area contributed by atoms with Gasteiger partial charge in [0.05, 0.1) is 5.71 Å². The fourth-order valence-corrected chi connectivity index (χ4v) is 8.29. The molecule has 0 spiro atoms. The van der Waals surface area contributed by atoms with E-state index in [0.29, 0.717) is 17.7 Å². The van der Waals surface area contributed by atoms with E-state index in [1.807, 2.05) is 30.3 Å². The number of benzene rings is 3. The first-order valence-corrected chi connectivity index (χ1v) is 15.3. The minimum atomic E-state index is -2.12. The maximum absolute atomic E-state index is 5.65. The van der Waals surface area contributed by atoms with E-state index in [9.17, 15) is 0 Å². The van der Waals surface area contributed by atoms with E-state index in [0.717, 1.165) is 5.56 Å². The van der Waals surface area contributed by atoms with E-state index >= 15 is 0 Å². The maximum atomic E-state index is 5.65. The molecule has 1 radical (unpaired) electrons. The summed E-state index contributed by atoms with van der Waals surface area (Å²) in [7, 11) is -0.429. The van der Waals surface area contributed by atoms with Crippen LogP contribution in [0.5, 0.6) is 0 Å². The minimum absolute atomic E-state index is 0. The van der Waals surface area contributed by atoms with E-state index in [-0.39, 0.29) is 27.4 Å². The van der Waals surface area contributed by atoms with Gasteiger partial charge in [-0.2, -0.15) is 15.3 Å². The first-order valence-electron chi connectivity index (χ1n) is 12.5. The van der Waals surface area contributed by atoms with Gasteiger partial charge in [-0.25, -0.2) is 0 Å². The van der Waals surface area contributed by atoms with Gasteiger partial charge < -0.3 is 35.9 Å². The van der Waals surface area contributed by atoms with Crippen LogP contribution in [0.3, 0.4) is 0 Å². The van der Waals surface area contributed by atoms with Gasteiger partial charge in [0.2, 0.25) is 0 Å². The summed E-state index contributed by atoms with van der Waals surface area (Å²) in [6.07, 6.45) is 3.94. The molecular weight excluding hydrogens is 617 g/mol. The molecule has 2 N–H and O–H groups in total. The van der Waals surface area contributed by atoms with Gasteiger partial charge in [-0.1, -0.05) is 54.6 Å². The molecule has 0 saturated heterocycles. The number of nitrogens with one attached hydrogen (secondary N) is 2. The quantitative estimate of drug-likeness (QED) is 0.0724. The number of pyridine rings is 1. The SMILES string of the molecule is CN/C([S-])=N/N=C(/C(C)=N/N=C(\[S-])NC[P+](c1ccccc1)(c1ccccc1)c1ccccc1)c1ccncc1.[Cu+2]. The predicted octanol–water partition coefficient (Wildman–Crippen LogP) is 3.73. The van der Waals surface area contributed by atoms with E-state index < -0.39 is 7.26 Å². The van der Waals surface area contributed by atoms with Crippen LogP contribution < -0.4 is 26.5 Å². The molecule has 4 rings (SSSR count). The smallest absolute Gasteiger partial charge is 0.741 e. The predicted molar refractivity (Wildman–Crippen MR) is 176 cm³/mol. The molecule has 0 saturated carbocycles. The Kier molecular flexibility index (Phi) is 12.5. The molecule has 1 aromatic heterocycles. The Hall–Kier alpha value is -3.52. The fraction of sp³-hybridized carbons (Fsp3) is 0.100.